The number of nitrogens with one attached hydrogen (secondary N) is 1. The number of amides is 1. The molecule has 0 unspecified atom stereocenters. The van der Waals surface area contributed by atoms with Gasteiger partial charge in [-0.25, -0.2) is 19.3 Å². The molecule has 8 nitrogen and oxygen atoms in total. The van der Waals surface area contributed by atoms with E-state index in [1.165, 1.54) is 18.2 Å². The lowest BCUT2D eigenvalue weighted by atomic mass is 10.1. The first-order valence-corrected chi connectivity index (χ1v) is 13.8. The minimum absolute atomic E-state index is 0.147. The molecule has 0 spiro atoms. The largest absolute Gasteiger partial charge is 0.438 e. The smallest absolute Gasteiger partial charge is 0.258 e. The maximum absolute atomic E-state index is 14.9. The van der Waals surface area contributed by atoms with E-state index in [-0.39, 0.29) is 17.2 Å². The Kier molecular flexibility index (Phi) is 9.79. The van der Waals surface area contributed by atoms with Crippen molar-refractivity contribution in [3.8, 4) is 22.9 Å². The number of carbonyl (C=O) groups excluding carboxylic acids is 1. The molecule has 0 aliphatic carbocycles. The number of carbonyl (C=O) groups is 1. The number of pyridine rings is 1. The summed E-state index contributed by atoms with van der Waals surface area (Å²) in [6, 6.07) is 15.1. The Bertz CT molecular complexity index is 1480. The summed E-state index contributed by atoms with van der Waals surface area (Å²) in [6.07, 6.45) is 4.92. The summed E-state index contributed by atoms with van der Waals surface area (Å²) in [5.74, 6) is 0.00341. The second kappa shape index (κ2) is 13.5. The third kappa shape index (κ3) is 7.40. The van der Waals surface area contributed by atoms with Crippen molar-refractivity contribution in [3.05, 3.63) is 88.7 Å². The van der Waals surface area contributed by atoms with E-state index in [9.17, 15) is 9.18 Å². The molecular formula is C30H32BrFN6O2. The van der Waals surface area contributed by atoms with Crippen LogP contribution in [0.3, 0.4) is 0 Å². The third-order valence-electron chi connectivity index (χ3n) is 6.18. The maximum atomic E-state index is 14.9. The number of anilines is 2. The van der Waals surface area contributed by atoms with E-state index in [0.29, 0.717) is 29.2 Å². The van der Waals surface area contributed by atoms with E-state index >= 15 is 0 Å². The Morgan fingerprint density at radius 2 is 1.85 bits per heavy atom. The highest BCUT2D eigenvalue weighted by Crippen LogP contribution is 2.32. The van der Waals surface area contributed by atoms with Crippen molar-refractivity contribution in [2.75, 3.05) is 44.4 Å². The van der Waals surface area contributed by atoms with Gasteiger partial charge in [-0.1, -0.05) is 22.9 Å². The fraction of sp³-hybridized carbons (Fsp3) is 0.267. The average molecular weight is 608 g/mol. The van der Waals surface area contributed by atoms with E-state index in [0.717, 1.165) is 29.7 Å². The summed E-state index contributed by atoms with van der Waals surface area (Å²) in [6.45, 7) is 3.71. The van der Waals surface area contributed by atoms with Crippen LogP contribution < -0.4 is 15.0 Å². The molecule has 4 rings (SSSR count). The Balaban J connectivity index is 1.57. The van der Waals surface area contributed by atoms with Crippen molar-refractivity contribution in [2.45, 2.75) is 19.8 Å². The van der Waals surface area contributed by atoms with Crippen LogP contribution in [0.2, 0.25) is 0 Å². The molecule has 208 valence electrons. The molecule has 2 heterocycles. The zero-order chi connectivity index (χ0) is 28.6. The molecule has 0 radical (unpaired) electrons. The monoisotopic (exact) mass is 606 g/mol. The predicted molar refractivity (Wildman–Crippen MR) is 160 cm³/mol. The first-order valence-electron chi connectivity index (χ1n) is 13.0. The van der Waals surface area contributed by atoms with Crippen LogP contribution in [0.1, 0.15) is 29.5 Å². The average Bonchev–Trinajstić information content (AvgIpc) is 2.94. The first-order chi connectivity index (χ1) is 19.2. The number of aromatic nitrogens is 3. The molecule has 0 aliphatic rings. The summed E-state index contributed by atoms with van der Waals surface area (Å²) >= 11 is 3.47. The summed E-state index contributed by atoms with van der Waals surface area (Å²) in [7, 11) is 6.03. The molecule has 1 amide bonds. The van der Waals surface area contributed by atoms with Crippen LogP contribution >= 0.6 is 15.9 Å². The summed E-state index contributed by atoms with van der Waals surface area (Å²) in [5, 5.41) is 2.88. The number of nitrogens with zero attached hydrogens (tertiary/aromatic N) is 5. The van der Waals surface area contributed by atoms with Crippen LogP contribution in [0, 0.1) is 5.82 Å². The Hall–Kier alpha value is -3.89. The predicted octanol–water partition coefficient (Wildman–Crippen LogP) is 6.44. The van der Waals surface area contributed by atoms with Gasteiger partial charge < -0.3 is 19.9 Å². The van der Waals surface area contributed by atoms with Crippen LogP contribution in [0.5, 0.6) is 11.6 Å². The normalized spacial score (nSPS) is 11.0. The van der Waals surface area contributed by atoms with Crippen LogP contribution in [-0.2, 0) is 6.42 Å². The molecule has 4 aromatic rings. The number of rotatable bonds is 11. The Morgan fingerprint density at radius 3 is 2.62 bits per heavy atom. The van der Waals surface area contributed by atoms with Gasteiger partial charge in [-0.05, 0) is 81.7 Å². The van der Waals surface area contributed by atoms with Crippen molar-refractivity contribution in [1.29, 1.82) is 0 Å². The van der Waals surface area contributed by atoms with Crippen LogP contribution in [-0.4, -0.2) is 60.0 Å². The van der Waals surface area contributed by atoms with Gasteiger partial charge in [-0.3, -0.25) is 4.79 Å². The second-order valence-electron chi connectivity index (χ2n) is 9.51. The zero-order valence-corrected chi connectivity index (χ0v) is 24.6. The first kappa shape index (κ1) is 29.1. The van der Waals surface area contributed by atoms with Crippen molar-refractivity contribution in [2.24, 2.45) is 0 Å². The molecule has 0 fully saturated rings. The van der Waals surface area contributed by atoms with E-state index < -0.39 is 11.7 Å². The van der Waals surface area contributed by atoms with E-state index in [4.69, 9.17) is 4.74 Å². The minimum atomic E-state index is -0.662. The van der Waals surface area contributed by atoms with Gasteiger partial charge in [0.05, 0.1) is 28.2 Å². The minimum Gasteiger partial charge on any atom is -0.438 e. The van der Waals surface area contributed by atoms with Crippen LogP contribution in [0.25, 0.3) is 11.3 Å². The quantitative estimate of drug-likeness (QED) is 0.210. The summed E-state index contributed by atoms with van der Waals surface area (Å²) < 4.78 is 21.7. The number of benzene rings is 2. The van der Waals surface area contributed by atoms with Crippen molar-refractivity contribution >= 4 is 33.2 Å². The molecule has 0 saturated heterocycles. The molecule has 2 aromatic carbocycles. The lowest BCUT2D eigenvalue weighted by molar-refractivity contribution is 0.102. The molecular weight excluding hydrogens is 575 g/mol. The number of ether oxygens (including phenoxy) is 1. The standard InChI is InChI=1S/C30H32BrFN6O2/c1-5-28-33-15-13-25(35-28)22-8-6-14-34-30(22)40-21-10-11-24(32)23(19-21)29(39)36-26-18-20(31)9-12-27(26)38(4)17-7-16-37(2)3/h6,8-15,18-19H,5,7,16-17H2,1-4H3,(H,36,39). The van der Waals surface area contributed by atoms with Gasteiger partial charge in [0, 0.05) is 36.9 Å². The number of aryl methyl sites for hydroxylation is 1. The Labute approximate surface area is 242 Å². The van der Waals surface area contributed by atoms with Gasteiger partial charge >= 0.3 is 0 Å². The fourth-order valence-corrected chi connectivity index (χ4v) is 4.48. The van der Waals surface area contributed by atoms with Gasteiger partial charge in [-0.15, -0.1) is 0 Å². The van der Waals surface area contributed by atoms with E-state index in [1.807, 2.05) is 46.3 Å². The van der Waals surface area contributed by atoms with Gasteiger partial charge in [0.25, 0.3) is 5.91 Å². The second-order valence-corrected chi connectivity index (χ2v) is 10.4. The molecule has 40 heavy (non-hydrogen) atoms. The highest BCUT2D eigenvalue weighted by Gasteiger charge is 2.18. The number of hydrogen-bond acceptors (Lipinski definition) is 7. The number of halogens is 2. The fourth-order valence-electron chi connectivity index (χ4n) is 4.12. The molecule has 0 atom stereocenters. The van der Waals surface area contributed by atoms with Crippen molar-refractivity contribution in [1.82, 2.24) is 19.9 Å². The maximum Gasteiger partial charge on any atom is 0.258 e. The van der Waals surface area contributed by atoms with Gasteiger partial charge in [0.1, 0.15) is 17.4 Å². The topological polar surface area (TPSA) is 83.5 Å². The van der Waals surface area contributed by atoms with Crippen molar-refractivity contribution in [3.63, 3.8) is 0 Å². The van der Waals surface area contributed by atoms with Gasteiger partial charge in [0.2, 0.25) is 5.88 Å². The van der Waals surface area contributed by atoms with E-state index in [1.54, 1.807) is 30.6 Å². The highest BCUT2D eigenvalue weighted by molar-refractivity contribution is 9.10. The Morgan fingerprint density at radius 1 is 1.02 bits per heavy atom. The zero-order valence-electron chi connectivity index (χ0n) is 23.0. The van der Waals surface area contributed by atoms with Gasteiger partial charge in [0.15, 0.2) is 0 Å². The summed E-state index contributed by atoms with van der Waals surface area (Å²) in [5.41, 5.74) is 2.57. The van der Waals surface area contributed by atoms with Crippen LogP contribution in [0.15, 0.2) is 71.5 Å². The molecule has 0 saturated carbocycles. The lowest BCUT2D eigenvalue weighted by Crippen LogP contribution is -2.25. The highest BCUT2D eigenvalue weighted by atomic mass is 79.9. The molecule has 0 aliphatic heterocycles. The molecule has 2 aromatic heterocycles. The number of hydrogen-bond donors (Lipinski definition) is 1. The van der Waals surface area contributed by atoms with Crippen molar-refractivity contribution < 1.29 is 13.9 Å². The lowest BCUT2D eigenvalue weighted by Gasteiger charge is -2.24. The third-order valence-corrected chi connectivity index (χ3v) is 6.68. The van der Waals surface area contributed by atoms with E-state index in [2.05, 4.69) is 46.0 Å². The SMILES string of the molecule is CCc1nccc(-c2cccnc2Oc2ccc(F)c(C(=O)Nc3cc(Br)ccc3N(C)CCCN(C)C)c2)n1. The molecule has 1 N–H and O–H groups in total. The van der Waals surface area contributed by atoms with Crippen LogP contribution in [0.4, 0.5) is 15.8 Å². The molecule has 10 heteroatoms. The summed E-state index contributed by atoms with van der Waals surface area (Å²) in [4.78, 5) is 30.7. The van der Waals surface area contributed by atoms with Gasteiger partial charge in [-0.2, -0.15) is 0 Å². The molecule has 0 bridgehead atoms.